The first kappa shape index (κ1) is 14.5. The van der Waals surface area contributed by atoms with Crippen molar-refractivity contribution in [2.24, 2.45) is 5.92 Å². The Morgan fingerprint density at radius 2 is 1.82 bits per heavy atom. The van der Waals surface area contributed by atoms with E-state index >= 15 is 0 Å². The molecule has 0 spiro atoms. The third-order valence-electron chi connectivity index (χ3n) is 4.19. The van der Waals surface area contributed by atoms with E-state index in [-0.39, 0.29) is 17.4 Å². The molecular formula is C18H16F2N2. The third-order valence-corrected chi connectivity index (χ3v) is 4.19. The fraction of sp³-hybridized carbons (Fsp3) is 0.278. The van der Waals surface area contributed by atoms with Crippen LogP contribution in [-0.2, 0) is 0 Å². The second-order valence-corrected chi connectivity index (χ2v) is 5.78. The molecule has 22 heavy (non-hydrogen) atoms. The van der Waals surface area contributed by atoms with E-state index in [1.54, 1.807) is 30.3 Å². The van der Waals surface area contributed by atoms with Crippen molar-refractivity contribution >= 4 is 5.69 Å². The molecule has 112 valence electrons. The number of hydrogen-bond donors (Lipinski definition) is 0. The normalized spacial score (nSPS) is 20.9. The van der Waals surface area contributed by atoms with Crippen LogP contribution in [0.2, 0.25) is 0 Å². The lowest BCUT2D eigenvalue weighted by Crippen LogP contribution is -2.25. The molecule has 0 radical (unpaired) electrons. The summed E-state index contributed by atoms with van der Waals surface area (Å²) in [4.78, 5) is 1.95. The highest BCUT2D eigenvalue weighted by Gasteiger charge is 2.34. The van der Waals surface area contributed by atoms with Crippen molar-refractivity contribution in [2.75, 3.05) is 11.4 Å². The van der Waals surface area contributed by atoms with Crippen LogP contribution in [0.4, 0.5) is 14.5 Å². The second-order valence-electron chi connectivity index (χ2n) is 5.78. The monoisotopic (exact) mass is 298 g/mol. The van der Waals surface area contributed by atoms with Gasteiger partial charge in [-0.15, -0.1) is 0 Å². The van der Waals surface area contributed by atoms with Crippen molar-refractivity contribution in [1.82, 2.24) is 0 Å². The van der Waals surface area contributed by atoms with E-state index in [1.165, 1.54) is 12.1 Å². The predicted molar refractivity (Wildman–Crippen MR) is 81.4 cm³/mol. The zero-order valence-electron chi connectivity index (χ0n) is 12.3. The molecule has 1 fully saturated rings. The van der Waals surface area contributed by atoms with Crippen LogP contribution in [0.15, 0.2) is 42.5 Å². The number of nitriles is 1. The highest BCUT2D eigenvalue weighted by Crippen LogP contribution is 2.41. The van der Waals surface area contributed by atoms with Gasteiger partial charge in [0.1, 0.15) is 23.3 Å². The van der Waals surface area contributed by atoms with Crippen LogP contribution in [-0.4, -0.2) is 6.54 Å². The van der Waals surface area contributed by atoms with Gasteiger partial charge in [-0.05, 0) is 30.5 Å². The molecular weight excluding hydrogens is 282 g/mol. The molecule has 2 aromatic rings. The topological polar surface area (TPSA) is 27.0 Å². The minimum Gasteiger partial charge on any atom is -0.363 e. The van der Waals surface area contributed by atoms with Gasteiger partial charge in [-0.25, -0.2) is 8.78 Å². The fourth-order valence-electron chi connectivity index (χ4n) is 3.22. The Labute approximate surface area is 128 Å². The van der Waals surface area contributed by atoms with E-state index in [4.69, 9.17) is 0 Å². The Bertz CT molecular complexity index is 736. The Morgan fingerprint density at radius 3 is 2.55 bits per heavy atom. The van der Waals surface area contributed by atoms with Crippen LogP contribution in [0.1, 0.15) is 30.5 Å². The number of anilines is 1. The van der Waals surface area contributed by atoms with E-state index < -0.39 is 5.82 Å². The van der Waals surface area contributed by atoms with Crippen LogP contribution >= 0.6 is 0 Å². The van der Waals surface area contributed by atoms with Gasteiger partial charge < -0.3 is 4.90 Å². The molecule has 0 N–H and O–H groups in total. The Hall–Kier alpha value is -2.41. The molecule has 0 unspecified atom stereocenters. The van der Waals surface area contributed by atoms with E-state index in [1.807, 2.05) is 11.0 Å². The number of hydrogen-bond acceptors (Lipinski definition) is 2. The summed E-state index contributed by atoms with van der Waals surface area (Å²) in [5.41, 5.74) is 1.16. The van der Waals surface area contributed by atoms with Crippen molar-refractivity contribution in [1.29, 1.82) is 5.26 Å². The lowest BCUT2D eigenvalue weighted by atomic mass is 10.00. The first-order valence-electron chi connectivity index (χ1n) is 7.31. The maximum atomic E-state index is 14.2. The Morgan fingerprint density at radius 1 is 1.09 bits per heavy atom. The van der Waals surface area contributed by atoms with Gasteiger partial charge in [-0.3, -0.25) is 0 Å². The number of rotatable bonds is 2. The lowest BCUT2D eigenvalue weighted by molar-refractivity contribution is 0.563. The molecule has 1 heterocycles. The Kier molecular flexibility index (Phi) is 3.81. The maximum Gasteiger partial charge on any atom is 0.143 e. The van der Waals surface area contributed by atoms with E-state index in [9.17, 15) is 14.0 Å². The summed E-state index contributed by atoms with van der Waals surface area (Å²) in [5, 5.41) is 9.25. The summed E-state index contributed by atoms with van der Waals surface area (Å²) in [7, 11) is 0. The van der Waals surface area contributed by atoms with Crippen molar-refractivity contribution in [3.05, 3.63) is 65.2 Å². The second kappa shape index (κ2) is 5.76. The zero-order chi connectivity index (χ0) is 15.7. The third kappa shape index (κ3) is 2.43. The smallest absolute Gasteiger partial charge is 0.143 e. The van der Waals surface area contributed by atoms with Gasteiger partial charge in [0.25, 0.3) is 0 Å². The molecule has 0 bridgehead atoms. The SMILES string of the molecule is C[C@H]1C[C@H](c2ccccc2F)N(c2cccc(F)c2C#N)C1. The van der Waals surface area contributed by atoms with Crippen LogP contribution in [0.25, 0.3) is 0 Å². The van der Waals surface area contributed by atoms with E-state index in [0.29, 0.717) is 23.7 Å². The molecule has 3 rings (SSSR count). The zero-order valence-corrected chi connectivity index (χ0v) is 12.3. The van der Waals surface area contributed by atoms with Crippen LogP contribution in [0.3, 0.4) is 0 Å². The molecule has 2 nitrogen and oxygen atoms in total. The quantitative estimate of drug-likeness (QED) is 0.820. The molecule has 0 aliphatic carbocycles. The average molecular weight is 298 g/mol. The summed E-state index contributed by atoms with van der Waals surface area (Å²) >= 11 is 0. The van der Waals surface area contributed by atoms with Gasteiger partial charge in [-0.1, -0.05) is 31.2 Å². The predicted octanol–water partition coefficient (Wildman–Crippen LogP) is 4.42. The number of halogens is 2. The van der Waals surface area contributed by atoms with Crippen molar-refractivity contribution in [2.45, 2.75) is 19.4 Å². The van der Waals surface area contributed by atoms with Gasteiger partial charge in [0, 0.05) is 12.1 Å². The van der Waals surface area contributed by atoms with Gasteiger partial charge in [0.05, 0.1) is 11.7 Å². The van der Waals surface area contributed by atoms with Gasteiger partial charge >= 0.3 is 0 Å². The highest BCUT2D eigenvalue weighted by atomic mass is 19.1. The van der Waals surface area contributed by atoms with E-state index in [0.717, 1.165) is 6.42 Å². The van der Waals surface area contributed by atoms with Gasteiger partial charge in [-0.2, -0.15) is 5.26 Å². The van der Waals surface area contributed by atoms with Crippen LogP contribution in [0.5, 0.6) is 0 Å². The first-order chi connectivity index (χ1) is 10.6. The largest absolute Gasteiger partial charge is 0.363 e. The molecule has 0 aromatic heterocycles. The summed E-state index contributed by atoms with van der Waals surface area (Å²) in [6.45, 7) is 2.76. The van der Waals surface area contributed by atoms with Crippen molar-refractivity contribution in [3.8, 4) is 6.07 Å². The molecule has 1 saturated heterocycles. The Balaban J connectivity index is 2.08. The molecule has 1 aliphatic heterocycles. The molecule has 1 aliphatic rings. The minimum absolute atomic E-state index is 0.0259. The highest BCUT2D eigenvalue weighted by molar-refractivity contribution is 5.62. The summed E-state index contributed by atoms with van der Waals surface area (Å²) in [6, 6.07) is 13.0. The summed E-state index contributed by atoms with van der Waals surface area (Å²) in [5.74, 6) is -0.451. The minimum atomic E-state index is -0.535. The van der Waals surface area contributed by atoms with Crippen molar-refractivity contribution < 1.29 is 8.78 Å². The van der Waals surface area contributed by atoms with Crippen LogP contribution in [0, 0.1) is 28.9 Å². The van der Waals surface area contributed by atoms with Gasteiger partial charge in [0.15, 0.2) is 0 Å². The number of benzene rings is 2. The first-order valence-corrected chi connectivity index (χ1v) is 7.31. The molecule has 2 atom stereocenters. The number of nitrogens with zero attached hydrogens (tertiary/aromatic N) is 2. The lowest BCUT2D eigenvalue weighted by Gasteiger charge is -2.28. The molecule has 0 amide bonds. The molecule has 2 aromatic carbocycles. The fourth-order valence-corrected chi connectivity index (χ4v) is 3.22. The molecule has 0 saturated carbocycles. The summed E-state index contributed by atoms with van der Waals surface area (Å²) < 4.78 is 28.0. The maximum absolute atomic E-state index is 14.2. The van der Waals surface area contributed by atoms with Crippen LogP contribution < -0.4 is 4.90 Å². The van der Waals surface area contributed by atoms with Gasteiger partial charge in [0.2, 0.25) is 0 Å². The molecule has 4 heteroatoms. The van der Waals surface area contributed by atoms with Crippen molar-refractivity contribution in [3.63, 3.8) is 0 Å². The average Bonchev–Trinajstić information content (AvgIpc) is 2.89. The summed E-state index contributed by atoms with van der Waals surface area (Å²) in [6.07, 6.45) is 0.780. The van der Waals surface area contributed by atoms with E-state index in [2.05, 4.69) is 6.92 Å². The standard InChI is InChI=1S/C18H16F2N2/c1-12-9-18(13-5-2-3-6-15(13)19)22(11-12)17-8-4-7-16(20)14(17)10-21/h2-8,12,18H,9,11H2,1H3/t12-,18+/m0/s1.